The van der Waals surface area contributed by atoms with Gasteiger partial charge in [0.1, 0.15) is 0 Å². The molecular weight excluding hydrogens is 256 g/mol. The molecule has 0 aromatic heterocycles. The molecule has 0 spiro atoms. The summed E-state index contributed by atoms with van der Waals surface area (Å²) < 4.78 is 24.1. The van der Waals surface area contributed by atoms with Gasteiger partial charge in [-0.15, -0.1) is 13.1 Å². The van der Waals surface area contributed by atoms with Crippen molar-refractivity contribution in [3.8, 4) is 0 Å². The maximum atomic E-state index is 8.56. The predicted octanol–water partition coefficient (Wildman–Crippen LogP) is 2.73. The molecule has 0 heterocycles. The van der Waals surface area contributed by atoms with Gasteiger partial charge in [-0.2, -0.15) is 0 Å². The molecule has 0 aliphatic carbocycles. The minimum Gasteiger partial charge on any atom is -0.662 e. The second-order valence-electron chi connectivity index (χ2n) is 2.60. The van der Waals surface area contributed by atoms with Crippen LogP contribution in [0.3, 0.4) is 0 Å². The summed E-state index contributed by atoms with van der Waals surface area (Å²) in [5.41, 5.74) is 0. The van der Waals surface area contributed by atoms with Crippen LogP contribution in [0.4, 0.5) is 0 Å². The zero-order chi connectivity index (χ0) is 10.5. The van der Waals surface area contributed by atoms with E-state index in [1.54, 1.807) is 0 Å². The fraction of sp³-hybridized carbons (Fsp3) is 1.00. The third-order valence-corrected chi connectivity index (χ3v) is 1.34. The van der Waals surface area contributed by atoms with Crippen molar-refractivity contribution in [3.05, 3.63) is 5.32 Å². The SMILES string of the molecule is CCCC[N-]CCCC.O=[S-](=O)O.[Zn+2]. The van der Waals surface area contributed by atoms with Gasteiger partial charge < -0.3 is 18.3 Å². The molecule has 0 saturated heterocycles. The summed E-state index contributed by atoms with van der Waals surface area (Å²) >= 11 is 0. The van der Waals surface area contributed by atoms with Crippen LogP contribution >= 0.6 is 0 Å². The van der Waals surface area contributed by atoms with Gasteiger partial charge in [0.2, 0.25) is 0 Å². The molecule has 0 aromatic carbocycles. The first-order valence-electron chi connectivity index (χ1n) is 4.56. The fourth-order valence-corrected chi connectivity index (χ4v) is 0.652. The van der Waals surface area contributed by atoms with Crippen molar-refractivity contribution < 1.29 is 32.4 Å². The van der Waals surface area contributed by atoms with E-state index in [1.807, 2.05) is 0 Å². The molecule has 14 heavy (non-hydrogen) atoms. The van der Waals surface area contributed by atoms with Crippen LogP contribution in [-0.2, 0) is 38.9 Å². The average Bonchev–Trinajstić information content (AvgIpc) is 2.03. The third kappa shape index (κ3) is 39.1. The molecule has 0 aliphatic heterocycles. The molecule has 0 rings (SSSR count). The Kier molecular flexibility index (Phi) is 27.3. The standard InChI is InChI=1S/C8H18N.HO3S.Zn/c1-3-5-7-9-8-6-4-2;1-4(2)3;/h3-8H2,1-2H3;(H,1,2,3);/q2*-1;+2. The van der Waals surface area contributed by atoms with Gasteiger partial charge in [-0.3, -0.25) is 0 Å². The van der Waals surface area contributed by atoms with Crippen LogP contribution in [0.1, 0.15) is 39.5 Å². The zero-order valence-electron chi connectivity index (χ0n) is 9.07. The zero-order valence-corrected chi connectivity index (χ0v) is 12.9. The van der Waals surface area contributed by atoms with Gasteiger partial charge in [-0.1, -0.05) is 39.5 Å². The molecule has 0 unspecified atom stereocenters. The van der Waals surface area contributed by atoms with Crippen LogP contribution in [-0.4, -0.2) is 17.6 Å². The Hall–Kier alpha value is 0.493. The van der Waals surface area contributed by atoms with Crippen molar-refractivity contribution in [2.45, 2.75) is 39.5 Å². The van der Waals surface area contributed by atoms with Crippen molar-refractivity contribution >= 4 is 11.0 Å². The molecule has 0 atom stereocenters. The minimum absolute atomic E-state index is 0. The third-order valence-electron chi connectivity index (χ3n) is 1.34. The van der Waals surface area contributed by atoms with E-state index in [9.17, 15) is 0 Å². The fourth-order valence-electron chi connectivity index (χ4n) is 0.652. The quantitative estimate of drug-likeness (QED) is 0.266. The smallest absolute Gasteiger partial charge is 0.662 e. The normalized spacial score (nSPS) is 8.86. The molecule has 1 N–H and O–H groups in total. The molecule has 0 amide bonds. The molecule has 0 fully saturated rings. The summed E-state index contributed by atoms with van der Waals surface area (Å²) in [4.78, 5) is 0. The van der Waals surface area contributed by atoms with E-state index < -0.39 is 11.0 Å². The largest absolute Gasteiger partial charge is 2.00 e. The van der Waals surface area contributed by atoms with Gasteiger partial charge in [-0.05, 0) is 0 Å². The first-order chi connectivity index (χ1) is 6.15. The molecule has 6 heteroatoms. The molecule has 0 aliphatic rings. The van der Waals surface area contributed by atoms with Gasteiger partial charge in [-0.25, -0.2) is 0 Å². The summed E-state index contributed by atoms with van der Waals surface area (Å²) in [6.07, 6.45) is 5.08. The van der Waals surface area contributed by atoms with E-state index in [1.165, 1.54) is 25.7 Å². The van der Waals surface area contributed by atoms with Crippen molar-refractivity contribution in [2.75, 3.05) is 13.1 Å². The average molecular weight is 275 g/mol. The maximum Gasteiger partial charge on any atom is 2.00 e. The van der Waals surface area contributed by atoms with Crippen molar-refractivity contribution in [1.29, 1.82) is 0 Å². The second kappa shape index (κ2) is 19.1. The Morgan fingerprint density at radius 1 is 1.07 bits per heavy atom. The first-order valence-corrected chi connectivity index (χ1v) is 5.59. The van der Waals surface area contributed by atoms with Crippen molar-refractivity contribution in [2.24, 2.45) is 0 Å². The van der Waals surface area contributed by atoms with Crippen LogP contribution in [0, 0.1) is 0 Å². The molecule has 0 saturated carbocycles. The summed E-state index contributed by atoms with van der Waals surface area (Å²) in [5.74, 6) is 0. The second-order valence-corrected chi connectivity index (χ2v) is 3.03. The van der Waals surface area contributed by atoms with E-state index in [-0.39, 0.29) is 19.5 Å². The molecule has 4 nitrogen and oxygen atoms in total. The van der Waals surface area contributed by atoms with E-state index in [0.717, 1.165) is 13.1 Å². The Morgan fingerprint density at radius 2 is 1.36 bits per heavy atom. The Bertz CT molecular complexity index is 140. The number of hydrogen-bond donors (Lipinski definition) is 1. The van der Waals surface area contributed by atoms with Crippen LogP contribution in [0.5, 0.6) is 0 Å². The van der Waals surface area contributed by atoms with E-state index in [2.05, 4.69) is 19.2 Å². The Balaban J connectivity index is -0.000000209. The summed E-state index contributed by atoms with van der Waals surface area (Å²) in [5, 5.41) is 4.35. The number of unbranched alkanes of at least 4 members (excludes halogenated alkanes) is 2. The van der Waals surface area contributed by atoms with Crippen molar-refractivity contribution in [1.82, 2.24) is 0 Å². The van der Waals surface area contributed by atoms with Gasteiger partial charge in [0, 0.05) is 11.0 Å². The summed E-state index contributed by atoms with van der Waals surface area (Å²) in [6.45, 7) is 6.57. The monoisotopic (exact) mass is 273 g/mol. The molecule has 0 radical (unpaired) electrons. The van der Waals surface area contributed by atoms with E-state index in [0.29, 0.717) is 0 Å². The van der Waals surface area contributed by atoms with Crippen molar-refractivity contribution in [3.63, 3.8) is 0 Å². The Morgan fingerprint density at radius 3 is 1.57 bits per heavy atom. The van der Waals surface area contributed by atoms with Gasteiger partial charge in [0.05, 0.1) is 0 Å². The summed E-state index contributed by atoms with van der Waals surface area (Å²) in [7, 11) is -2.86. The molecule has 0 bridgehead atoms. The molecule has 0 aromatic rings. The van der Waals surface area contributed by atoms with Gasteiger partial charge >= 0.3 is 19.5 Å². The predicted molar refractivity (Wildman–Crippen MR) is 54.3 cm³/mol. The van der Waals surface area contributed by atoms with Gasteiger partial charge in [0.25, 0.3) is 0 Å². The van der Waals surface area contributed by atoms with Crippen LogP contribution in [0.25, 0.3) is 5.32 Å². The minimum atomic E-state index is -2.86. The number of hydrogen-bond acceptors (Lipinski definition) is 3. The van der Waals surface area contributed by atoms with E-state index >= 15 is 0 Å². The molecular formula is C8H19NO3SZn. The van der Waals surface area contributed by atoms with Crippen LogP contribution in [0.2, 0.25) is 0 Å². The first kappa shape index (κ1) is 20.0. The Labute approximate surface area is 101 Å². The van der Waals surface area contributed by atoms with Crippen LogP contribution < -0.4 is 0 Å². The molecule has 82 valence electrons. The van der Waals surface area contributed by atoms with Crippen LogP contribution in [0.15, 0.2) is 0 Å². The topological polar surface area (TPSA) is 68.5 Å². The van der Waals surface area contributed by atoms with E-state index in [4.69, 9.17) is 13.0 Å². The number of nitrogens with zero attached hydrogens (tertiary/aromatic N) is 1. The number of rotatable bonds is 6. The maximum absolute atomic E-state index is 8.56. The van der Waals surface area contributed by atoms with Gasteiger partial charge in [0.15, 0.2) is 0 Å². The summed E-state index contributed by atoms with van der Waals surface area (Å²) in [6, 6.07) is 0.